The van der Waals surface area contributed by atoms with Crippen LogP contribution in [0.25, 0.3) is 0 Å². The van der Waals surface area contributed by atoms with Crippen LogP contribution in [-0.4, -0.2) is 36.6 Å². The van der Waals surface area contributed by atoms with Gasteiger partial charge in [-0.05, 0) is 55.3 Å². The number of aliphatic imine (C=N–C) groups is 1. The lowest BCUT2D eigenvalue weighted by molar-refractivity contribution is 0.184. The minimum Gasteiger partial charge on any atom is -0.495 e. The molecule has 4 rings (SSSR count). The van der Waals surface area contributed by atoms with Crippen molar-refractivity contribution >= 4 is 34.2 Å². The maximum atomic E-state index is 13.3. The zero-order valence-corrected chi connectivity index (χ0v) is 18.8. The molecule has 0 unspecified atom stereocenters. The molecule has 0 spiro atoms. The van der Waals surface area contributed by atoms with Crippen LogP contribution in [0.1, 0.15) is 38.5 Å². The van der Waals surface area contributed by atoms with E-state index in [2.05, 4.69) is 9.80 Å². The van der Waals surface area contributed by atoms with Gasteiger partial charge in [0.15, 0.2) is 5.17 Å². The van der Waals surface area contributed by atoms with Crippen molar-refractivity contribution in [1.29, 1.82) is 0 Å². The Kier molecular flexibility index (Phi) is 7.18. The van der Waals surface area contributed by atoms with Gasteiger partial charge in [0.25, 0.3) is 0 Å². The van der Waals surface area contributed by atoms with Crippen molar-refractivity contribution in [2.45, 2.75) is 49.5 Å². The molecule has 1 aliphatic heterocycles. The van der Waals surface area contributed by atoms with E-state index < -0.39 is 0 Å². The number of rotatable bonds is 4. The third kappa shape index (κ3) is 5.10. The average Bonchev–Trinajstić information content (AvgIpc) is 3.05. The van der Waals surface area contributed by atoms with E-state index in [1.54, 1.807) is 31.0 Å². The van der Waals surface area contributed by atoms with Crippen LogP contribution in [0.3, 0.4) is 0 Å². The first kappa shape index (κ1) is 21.5. The van der Waals surface area contributed by atoms with Crippen LogP contribution in [-0.2, 0) is 0 Å². The zero-order valence-electron chi connectivity index (χ0n) is 17.2. The van der Waals surface area contributed by atoms with Gasteiger partial charge >= 0.3 is 0 Å². The normalized spacial score (nSPS) is 18.8. The second kappa shape index (κ2) is 10.0. The first-order valence-electron chi connectivity index (χ1n) is 10.5. The Bertz CT molecular complexity index is 885. The number of thioether (sulfide) groups is 1. The Morgan fingerprint density at radius 1 is 1.07 bits per heavy atom. The van der Waals surface area contributed by atoms with Crippen molar-refractivity contribution in [1.82, 2.24) is 4.90 Å². The summed E-state index contributed by atoms with van der Waals surface area (Å²) in [5.41, 5.74) is 0.979. The van der Waals surface area contributed by atoms with Crippen molar-refractivity contribution < 1.29 is 9.13 Å². The quantitative estimate of drug-likeness (QED) is 0.507. The lowest BCUT2D eigenvalue weighted by Gasteiger charge is -2.39. The van der Waals surface area contributed by atoms with Crippen LogP contribution in [0.5, 0.6) is 5.75 Å². The molecule has 7 heteroatoms. The molecule has 1 fully saturated rings. The van der Waals surface area contributed by atoms with Gasteiger partial charge in [0.05, 0.1) is 25.5 Å². The first-order valence-corrected chi connectivity index (χ1v) is 11.7. The summed E-state index contributed by atoms with van der Waals surface area (Å²) >= 11 is 7.98. The molecule has 2 aromatic carbocycles. The average molecular weight is 448 g/mol. The first-order chi connectivity index (χ1) is 14.6. The second-order valence-electron chi connectivity index (χ2n) is 7.76. The topological polar surface area (TPSA) is 28.1 Å². The van der Waals surface area contributed by atoms with E-state index in [9.17, 15) is 4.39 Å². The summed E-state index contributed by atoms with van der Waals surface area (Å²) in [5.74, 6) is 0.422. The maximum absolute atomic E-state index is 13.3. The molecule has 0 atom stereocenters. The van der Waals surface area contributed by atoms with Crippen molar-refractivity contribution in [3.63, 3.8) is 0 Å². The lowest BCUT2D eigenvalue weighted by atomic mass is 10.1. The molecule has 0 bridgehead atoms. The molecule has 4 nitrogen and oxygen atoms in total. The molecule has 160 valence electrons. The SMILES string of the molecule is COc1ccc(N2CN(C3CCCCCC3)CN=C2Sc2ccc(F)cc2)cc1Cl. The van der Waals surface area contributed by atoms with Crippen LogP contribution in [0.4, 0.5) is 10.1 Å². The summed E-state index contributed by atoms with van der Waals surface area (Å²) in [4.78, 5) is 10.6. The van der Waals surface area contributed by atoms with Gasteiger partial charge in [0.1, 0.15) is 11.6 Å². The fourth-order valence-corrected chi connectivity index (χ4v) is 5.22. The summed E-state index contributed by atoms with van der Waals surface area (Å²) < 4.78 is 18.6. The highest BCUT2D eigenvalue weighted by molar-refractivity contribution is 8.14. The molecular formula is C23H27ClFN3OS. The number of benzene rings is 2. The maximum Gasteiger partial charge on any atom is 0.171 e. The van der Waals surface area contributed by atoms with E-state index in [1.807, 2.05) is 18.2 Å². The fraction of sp³-hybridized carbons (Fsp3) is 0.435. The minimum atomic E-state index is -0.233. The molecule has 1 aliphatic carbocycles. The Hall–Kier alpha value is -1.76. The van der Waals surface area contributed by atoms with Gasteiger partial charge in [0, 0.05) is 16.6 Å². The van der Waals surface area contributed by atoms with Gasteiger partial charge in [-0.2, -0.15) is 0 Å². The molecule has 1 saturated carbocycles. The van der Waals surface area contributed by atoms with Crippen LogP contribution in [0.2, 0.25) is 5.02 Å². The third-order valence-corrected chi connectivity index (χ3v) is 7.09. The van der Waals surface area contributed by atoms with Crippen molar-refractivity contribution in [3.8, 4) is 5.75 Å². The Morgan fingerprint density at radius 2 is 1.80 bits per heavy atom. The van der Waals surface area contributed by atoms with Crippen molar-refractivity contribution in [2.24, 2.45) is 4.99 Å². The highest BCUT2D eigenvalue weighted by atomic mass is 35.5. The number of ether oxygens (including phenoxy) is 1. The van der Waals surface area contributed by atoms with E-state index in [1.165, 1.54) is 50.7 Å². The highest BCUT2D eigenvalue weighted by Crippen LogP contribution is 2.34. The van der Waals surface area contributed by atoms with Crippen LogP contribution in [0, 0.1) is 5.82 Å². The molecule has 0 amide bonds. The molecule has 0 saturated heterocycles. The van der Waals surface area contributed by atoms with E-state index in [4.69, 9.17) is 21.3 Å². The summed E-state index contributed by atoms with van der Waals surface area (Å²) in [6, 6.07) is 12.9. The summed E-state index contributed by atoms with van der Waals surface area (Å²) in [6.45, 7) is 1.45. The number of nitrogens with zero attached hydrogens (tertiary/aromatic N) is 3. The van der Waals surface area contributed by atoms with Crippen LogP contribution in [0.15, 0.2) is 52.4 Å². The Balaban J connectivity index is 1.61. The van der Waals surface area contributed by atoms with Crippen LogP contribution >= 0.6 is 23.4 Å². The molecule has 30 heavy (non-hydrogen) atoms. The molecular weight excluding hydrogens is 421 g/mol. The van der Waals surface area contributed by atoms with Gasteiger partial charge in [-0.1, -0.05) is 49.0 Å². The fourth-order valence-electron chi connectivity index (χ4n) is 4.09. The van der Waals surface area contributed by atoms with E-state index >= 15 is 0 Å². The van der Waals surface area contributed by atoms with E-state index in [0.717, 1.165) is 22.4 Å². The van der Waals surface area contributed by atoms with E-state index in [0.29, 0.717) is 23.5 Å². The molecule has 0 N–H and O–H groups in total. The van der Waals surface area contributed by atoms with Crippen LogP contribution < -0.4 is 9.64 Å². The van der Waals surface area contributed by atoms with Crippen molar-refractivity contribution in [3.05, 3.63) is 53.3 Å². The van der Waals surface area contributed by atoms with E-state index in [-0.39, 0.29) is 5.82 Å². The number of amidine groups is 1. The van der Waals surface area contributed by atoms with Gasteiger partial charge in [0.2, 0.25) is 0 Å². The number of halogens is 2. The van der Waals surface area contributed by atoms with Gasteiger partial charge in [-0.3, -0.25) is 4.90 Å². The molecule has 0 aromatic heterocycles. The van der Waals surface area contributed by atoms with Gasteiger partial charge < -0.3 is 9.64 Å². The predicted octanol–water partition coefficient (Wildman–Crippen LogP) is 6.40. The summed E-state index contributed by atoms with van der Waals surface area (Å²) in [6.07, 6.45) is 7.70. The number of anilines is 1. The predicted molar refractivity (Wildman–Crippen MR) is 123 cm³/mol. The Morgan fingerprint density at radius 3 is 2.47 bits per heavy atom. The third-order valence-electron chi connectivity index (χ3n) is 5.75. The molecule has 2 aromatic rings. The number of hydrogen-bond donors (Lipinski definition) is 0. The molecule has 1 heterocycles. The summed E-state index contributed by atoms with van der Waals surface area (Å²) in [5, 5.41) is 1.47. The Labute approximate surface area is 187 Å². The smallest absolute Gasteiger partial charge is 0.171 e. The highest BCUT2D eigenvalue weighted by Gasteiger charge is 2.28. The summed E-state index contributed by atoms with van der Waals surface area (Å²) in [7, 11) is 1.62. The lowest BCUT2D eigenvalue weighted by Crippen LogP contribution is -2.49. The van der Waals surface area contributed by atoms with Gasteiger partial charge in [-0.15, -0.1) is 0 Å². The minimum absolute atomic E-state index is 0.233. The monoisotopic (exact) mass is 447 g/mol. The standard InChI is InChI=1S/C23H27ClFN3OS/c1-29-22-13-10-19(14-21(22)24)28-16-27(18-6-4-2-3-5-7-18)15-26-23(28)30-20-11-8-17(25)9-12-20/h8-14,18H,2-7,15-16H2,1H3. The molecule has 2 aliphatic rings. The largest absolute Gasteiger partial charge is 0.495 e. The number of hydrogen-bond acceptors (Lipinski definition) is 5. The second-order valence-corrected chi connectivity index (χ2v) is 9.21. The molecule has 0 radical (unpaired) electrons. The zero-order chi connectivity index (χ0) is 20.9. The number of methoxy groups -OCH3 is 1. The van der Waals surface area contributed by atoms with Crippen molar-refractivity contribution in [2.75, 3.05) is 25.3 Å². The van der Waals surface area contributed by atoms with Gasteiger partial charge in [-0.25, -0.2) is 9.38 Å².